The number of methoxy groups -OCH3 is 1. The number of nitrogens with zero attached hydrogens (tertiary/aromatic N) is 3. The number of hydrogen-bond acceptors (Lipinski definition) is 6. The molecular formula is C28H33F4N5O4. The summed E-state index contributed by atoms with van der Waals surface area (Å²) in [5.41, 5.74) is -2.49. The minimum Gasteiger partial charge on any atom is -0.481 e. The fourth-order valence-corrected chi connectivity index (χ4v) is 7.04. The number of nitrogens with one attached hydrogen (secondary N) is 2. The van der Waals surface area contributed by atoms with Crippen LogP contribution in [0.5, 0.6) is 5.88 Å². The number of piperidine rings is 1. The number of H-pyrrole nitrogens is 1. The van der Waals surface area contributed by atoms with Crippen molar-refractivity contribution in [2.75, 3.05) is 7.11 Å². The largest absolute Gasteiger partial charge is 0.481 e. The molecule has 3 N–H and O–H groups in total. The Hall–Kier alpha value is -3.22. The molecule has 2 aromatic heterocycles. The molecule has 222 valence electrons. The van der Waals surface area contributed by atoms with Crippen molar-refractivity contribution in [2.45, 2.75) is 100 Å². The molecular weight excluding hydrogens is 546 g/mol. The highest BCUT2D eigenvalue weighted by Gasteiger charge is 2.67. The lowest BCUT2D eigenvalue weighted by molar-refractivity contribution is -0.270. The Morgan fingerprint density at radius 2 is 1.73 bits per heavy atom. The molecule has 1 aliphatic heterocycles. The van der Waals surface area contributed by atoms with Gasteiger partial charge in [-0.05, 0) is 77.2 Å². The van der Waals surface area contributed by atoms with Crippen LogP contribution in [0.3, 0.4) is 0 Å². The molecule has 0 atom stereocenters. The Kier molecular flexibility index (Phi) is 6.40. The number of halogens is 4. The van der Waals surface area contributed by atoms with Crippen LogP contribution in [0.1, 0.15) is 80.3 Å². The number of pyridine rings is 1. The first-order valence-corrected chi connectivity index (χ1v) is 14.0. The molecule has 2 aromatic rings. The minimum absolute atomic E-state index is 0.0565. The number of carbonyl (C=O) groups excluding carboxylic acids is 2. The lowest BCUT2D eigenvalue weighted by atomic mass is 9.79. The maximum atomic E-state index is 14.7. The highest BCUT2D eigenvalue weighted by Crippen LogP contribution is 2.62. The SMILES string of the molecule is COc1ncc(F)c(-c2cc(C(=O)N3C4(CC4)CC(C(=O)NC4CCC(O)(C(F)(F)F)CC4)CC34CC4)[nH]n2)c1C. The summed E-state index contributed by atoms with van der Waals surface area (Å²) < 4.78 is 59.4. The van der Waals surface area contributed by atoms with Gasteiger partial charge in [0.25, 0.3) is 5.91 Å². The third-order valence-corrected chi connectivity index (χ3v) is 9.60. The van der Waals surface area contributed by atoms with E-state index in [2.05, 4.69) is 20.5 Å². The van der Waals surface area contributed by atoms with Gasteiger partial charge in [-0.1, -0.05) is 0 Å². The maximum Gasteiger partial charge on any atom is 0.417 e. The van der Waals surface area contributed by atoms with Crippen LogP contribution in [-0.2, 0) is 4.79 Å². The molecule has 0 unspecified atom stereocenters. The van der Waals surface area contributed by atoms with Gasteiger partial charge in [0, 0.05) is 34.2 Å². The molecule has 0 aromatic carbocycles. The van der Waals surface area contributed by atoms with E-state index in [-0.39, 0.29) is 53.4 Å². The first-order chi connectivity index (χ1) is 19.3. The second-order valence-electron chi connectivity index (χ2n) is 12.3. The number of hydrogen-bond donors (Lipinski definition) is 3. The highest BCUT2D eigenvalue weighted by molar-refractivity contribution is 5.95. The molecule has 1 saturated heterocycles. The number of amides is 2. The summed E-state index contributed by atoms with van der Waals surface area (Å²) in [7, 11) is 1.44. The van der Waals surface area contributed by atoms with E-state index < -0.39 is 47.6 Å². The van der Waals surface area contributed by atoms with Crippen LogP contribution in [-0.4, -0.2) is 73.0 Å². The Morgan fingerprint density at radius 3 is 2.27 bits per heavy atom. The molecule has 3 aliphatic carbocycles. The van der Waals surface area contributed by atoms with Gasteiger partial charge in [0.2, 0.25) is 11.8 Å². The topological polar surface area (TPSA) is 120 Å². The predicted molar refractivity (Wildman–Crippen MR) is 137 cm³/mol. The zero-order valence-electron chi connectivity index (χ0n) is 22.9. The zero-order valence-corrected chi connectivity index (χ0v) is 22.9. The van der Waals surface area contributed by atoms with Gasteiger partial charge in [-0.15, -0.1) is 0 Å². The first-order valence-electron chi connectivity index (χ1n) is 14.0. The average molecular weight is 580 g/mol. The van der Waals surface area contributed by atoms with Crippen molar-refractivity contribution in [1.82, 2.24) is 25.4 Å². The maximum absolute atomic E-state index is 14.7. The fourth-order valence-electron chi connectivity index (χ4n) is 7.04. The van der Waals surface area contributed by atoms with Gasteiger partial charge in [-0.25, -0.2) is 9.37 Å². The molecule has 6 rings (SSSR count). The van der Waals surface area contributed by atoms with E-state index >= 15 is 0 Å². The van der Waals surface area contributed by atoms with E-state index in [1.807, 2.05) is 4.90 Å². The van der Waals surface area contributed by atoms with Crippen LogP contribution in [0.25, 0.3) is 11.3 Å². The summed E-state index contributed by atoms with van der Waals surface area (Å²) in [5, 5.41) is 19.9. The van der Waals surface area contributed by atoms with E-state index in [0.29, 0.717) is 18.4 Å². The molecule has 3 heterocycles. The van der Waals surface area contributed by atoms with Crippen LogP contribution in [0.15, 0.2) is 12.3 Å². The molecule has 4 aliphatic rings. The predicted octanol–water partition coefficient (Wildman–Crippen LogP) is 4.20. The minimum atomic E-state index is -4.69. The lowest BCUT2D eigenvalue weighted by Gasteiger charge is -2.47. The Balaban J connectivity index is 1.16. The van der Waals surface area contributed by atoms with E-state index in [4.69, 9.17) is 4.74 Å². The number of aromatic nitrogens is 3. The second kappa shape index (κ2) is 9.40. The van der Waals surface area contributed by atoms with E-state index in [1.165, 1.54) is 13.2 Å². The number of ether oxygens (including phenoxy) is 1. The number of aliphatic hydroxyl groups is 1. The molecule has 4 fully saturated rings. The second-order valence-corrected chi connectivity index (χ2v) is 12.3. The van der Waals surface area contributed by atoms with Crippen LogP contribution >= 0.6 is 0 Å². The molecule has 0 bridgehead atoms. The van der Waals surface area contributed by atoms with E-state index in [1.54, 1.807) is 6.92 Å². The summed E-state index contributed by atoms with van der Waals surface area (Å²) in [4.78, 5) is 33.0. The summed E-state index contributed by atoms with van der Waals surface area (Å²) in [6.45, 7) is 1.67. The van der Waals surface area contributed by atoms with Gasteiger partial charge in [0.15, 0.2) is 11.4 Å². The lowest BCUT2D eigenvalue weighted by Crippen LogP contribution is -2.58. The van der Waals surface area contributed by atoms with Gasteiger partial charge in [0.05, 0.1) is 19.0 Å². The van der Waals surface area contributed by atoms with Gasteiger partial charge < -0.3 is 20.1 Å². The standard InChI is InChI=1S/C28H33F4N5O4/c1-15-21(18(29)14-33-23(15)41-2)19-11-20(36-35-19)24(39)37-25(7-8-25)12-16(13-26(37)9-10-26)22(38)34-17-3-5-27(40,6-4-17)28(30,31)32/h11,14,16-17,40H,3-10,12-13H2,1-2H3,(H,34,38)(H,35,36). The third kappa shape index (κ3) is 4.65. The van der Waals surface area contributed by atoms with Gasteiger partial charge >= 0.3 is 6.18 Å². The Labute approximate surface area is 234 Å². The van der Waals surface area contributed by atoms with Crippen LogP contribution in [0, 0.1) is 18.7 Å². The number of rotatable bonds is 5. The quantitative estimate of drug-likeness (QED) is 0.457. The number of alkyl halides is 3. The molecule has 9 nitrogen and oxygen atoms in total. The Morgan fingerprint density at radius 1 is 1.12 bits per heavy atom. The van der Waals surface area contributed by atoms with Crippen molar-refractivity contribution >= 4 is 11.8 Å². The van der Waals surface area contributed by atoms with Crippen LogP contribution in [0.2, 0.25) is 0 Å². The molecule has 41 heavy (non-hydrogen) atoms. The fraction of sp³-hybridized carbons (Fsp3) is 0.643. The molecule has 2 spiro atoms. The molecule has 2 amide bonds. The van der Waals surface area contributed by atoms with E-state index in [0.717, 1.165) is 31.9 Å². The van der Waals surface area contributed by atoms with Crippen molar-refractivity contribution < 1.29 is 37.0 Å². The van der Waals surface area contributed by atoms with Crippen LogP contribution < -0.4 is 10.1 Å². The first kappa shape index (κ1) is 27.9. The average Bonchev–Trinajstić information content (AvgIpc) is 3.81. The van der Waals surface area contributed by atoms with Gasteiger partial charge in [-0.3, -0.25) is 14.7 Å². The van der Waals surface area contributed by atoms with Crippen molar-refractivity contribution in [3.63, 3.8) is 0 Å². The molecule has 13 heteroatoms. The molecule has 3 saturated carbocycles. The summed E-state index contributed by atoms with van der Waals surface area (Å²) >= 11 is 0. The van der Waals surface area contributed by atoms with Crippen molar-refractivity contribution in [3.05, 3.63) is 29.3 Å². The number of aromatic amines is 1. The van der Waals surface area contributed by atoms with Crippen molar-refractivity contribution in [2.24, 2.45) is 5.92 Å². The van der Waals surface area contributed by atoms with Crippen molar-refractivity contribution in [3.8, 4) is 17.1 Å². The van der Waals surface area contributed by atoms with Gasteiger partial charge in [-0.2, -0.15) is 18.3 Å². The van der Waals surface area contributed by atoms with Crippen LogP contribution in [0.4, 0.5) is 17.6 Å². The highest BCUT2D eigenvalue weighted by atomic mass is 19.4. The number of carbonyl (C=O) groups is 2. The summed E-state index contributed by atoms with van der Waals surface area (Å²) in [5.74, 6) is -1.12. The monoisotopic (exact) mass is 579 g/mol. The molecule has 0 radical (unpaired) electrons. The Bertz CT molecular complexity index is 1350. The summed E-state index contributed by atoms with van der Waals surface area (Å²) in [6, 6.07) is 1.11. The van der Waals surface area contributed by atoms with E-state index in [9.17, 15) is 32.3 Å². The third-order valence-electron chi connectivity index (χ3n) is 9.60. The smallest absolute Gasteiger partial charge is 0.417 e. The summed E-state index contributed by atoms with van der Waals surface area (Å²) in [6.07, 6.45) is -0.447. The zero-order chi connectivity index (χ0) is 29.4. The normalized spacial score (nSPS) is 28.0. The van der Waals surface area contributed by atoms with Gasteiger partial charge in [0.1, 0.15) is 5.69 Å². The van der Waals surface area contributed by atoms with Crippen molar-refractivity contribution in [1.29, 1.82) is 0 Å². The number of likely N-dealkylation sites (tertiary alicyclic amines) is 1.